The van der Waals surface area contributed by atoms with Crippen molar-refractivity contribution in [2.75, 3.05) is 46.4 Å². The minimum absolute atomic E-state index is 0.176. The topological polar surface area (TPSA) is 256 Å². The lowest BCUT2D eigenvalue weighted by Gasteiger charge is -2.40. The van der Waals surface area contributed by atoms with Gasteiger partial charge >= 0.3 is 0 Å². The first-order chi connectivity index (χ1) is 31.3. The summed E-state index contributed by atoms with van der Waals surface area (Å²) in [5.41, 5.74) is 16.7. The molecule has 2 fully saturated rings. The summed E-state index contributed by atoms with van der Waals surface area (Å²) in [7, 11) is 1.48. The maximum atomic E-state index is 13.9. The molecule has 1 atom stereocenters. The second-order valence-corrected chi connectivity index (χ2v) is 16.7. The lowest BCUT2D eigenvalue weighted by Crippen LogP contribution is -2.45. The predicted molar refractivity (Wildman–Crippen MR) is 241 cm³/mol. The Labute approximate surface area is 374 Å². The minimum Gasteiger partial charge on any atom is -0.494 e. The molecule has 6 aromatic rings. The summed E-state index contributed by atoms with van der Waals surface area (Å²) in [6.45, 7) is 13.8. The van der Waals surface area contributed by atoms with Crippen LogP contribution >= 0.6 is 0 Å². The van der Waals surface area contributed by atoms with Gasteiger partial charge in [-0.05, 0) is 102 Å². The van der Waals surface area contributed by atoms with Crippen LogP contribution in [0.15, 0.2) is 58.5 Å². The third-order valence-electron chi connectivity index (χ3n) is 12.2. The number of carbonyl (C=O) groups excluding carboxylic acids is 4. The van der Waals surface area contributed by atoms with Crippen LogP contribution in [0.1, 0.15) is 86.2 Å². The first-order valence-corrected chi connectivity index (χ1v) is 21.9. The van der Waals surface area contributed by atoms with Gasteiger partial charge in [-0.2, -0.15) is 20.2 Å². The third-order valence-corrected chi connectivity index (χ3v) is 12.2. The van der Waals surface area contributed by atoms with Crippen molar-refractivity contribution in [1.29, 1.82) is 0 Å². The number of aryl methyl sites for hydroxylation is 4. The number of rotatable bonds is 15. The van der Waals surface area contributed by atoms with E-state index in [1.165, 1.54) is 19.6 Å². The van der Waals surface area contributed by atoms with Crippen LogP contribution in [-0.2, 0) is 26.2 Å². The molecular weight excluding hydrogens is 833 g/mol. The molecule has 0 bridgehead atoms. The molecule has 2 saturated heterocycles. The molecule has 0 saturated carbocycles. The molecule has 2 aromatic carbocycles. The number of hydrogen-bond donors (Lipinski definition) is 5. The molecule has 2 aliphatic rings. The Hall–Kier alpha value is -7.06. The Balaban J connectivity index is 1.19. The van der Waals surface area contributed by atoms with Crippen LogP contribution in [0.5, 0.6) is 11.5 Å². The predicted octanol–water partition coefficient (Wildman–Crippen LogP) is 2.70. The number of likely N-dealkylation sites (tertiary alicyclic amines) is 1. The maximum Gasteiger partial charge on any atom is 0.298 e. The number of primary amides is 2. The number of amides is 4. The van der Waals surface area contributed by atoms with Crippen LogP contribution in [0.2, 0.25) is 0 Å². The summed E-state index contributed by atoms with van der Waals surface area (Å²) in [5.74, 6) is -1.58. The van der Waals surface area contributed by atoms with Gasteiger partial charge in [0.25, 0.3) is 11.8 Å². The number of nitrogens with two attached hydrogens (primary N) is 2. The van der Waals surface area contributed by atoms with E-state index in [4.69, 9.17) is 20.9 Å². The number of fused-ring (bicyclic) bond motifs is 2. The highest BCUT2D eigenvalue weighted by Crippen LogP contribution is 2.35. The zero-order valence-corrected chi connectivity index (χ0v) is 37.4. The Morgan fingerprint density at radius 1 is 0.785 bits per heavy atom. The Kier molecular flexibility index (Phi) is 12.7. The number of aromatic nitrogens is 8. The van der Waals surface area contributed by atoms with Gasteiger partial charge < -0.3 is 45.4 Å². The minimum atomic E-state index is -0.652. The molecule has 6 heterocycles. The number of nitrogens with zero attached hydrogens (tertiary/aromatic N) is 9. The van der Waals surface area contributed by atoms with Crippen LogP contribution in [-0.4, -0.2) is 114 Å². The SMILES string of the molecule is CCn1nc(C)cc1C(=O)/N=c1/[nH]c2cc(C(N)=O)cc(OC)c2n1C/C=C/Cn1/c(=N/C(=O)c2cc(C)nn2CC)[nH]c2cc(C(N)=O)cc(OCCN3CCCC4(CCNC4)C3)c21. The first kappa shape index (κ1) is 44.5. The lowest BCUT2D eigenvalue weighted by molar-refractivity contribution is 0.0901. The second-order valence-electron chi connectivity index (χ2n) is 16.7. The molecule has 1 spiro atoms. The van der Waals surface area contributed by atoms with Crippen LogP contribution in [0, 0.1) is 19.3 Å². The van der Waals surface area contributed by atoms with E-state index in [1.807, 2.05) is 37.5 Å². The van der Waals surface area contributed by atoms with Crippen molar-refractivity contribution in [2.24, 2.45) is 26.9 Å². The van der Waals surface area contributed by atoms with Gasteiger partial charge in [-0.25, -0.2) is 0 Å². The molecule has 20 heteroatoms. The van der Waals surface area contributed by atoms with Crippen molar-refractivity contribution in [2.45, 2.75) is 73.1 Å². The number of aromatic amines is 2. The lowest BCUT2D eigenvalue weighted by atomic mass is 9.79. The summed E-state index contributed by atoms with van der Waals surface area (Å²) in [5, 5.41) is 12.4. The fourth-order valence-electron chi connectivity index (χ4n) is 9.15. The number of hydrogen-bond acceptors (Lipinski definition) is 10. The van der Waals surface area contributed by atoms with Crippen molar-refractivity contribution < 1.29 is 28.7 Å². The number of benzene rings is 2. The van der Waals surface area contributed by atoms with E-state index in [0.29, 0.717) is 82.6 Å². The van der Waals surface area contributed by atoms with Crippen molar-refractivity contribution >= 4 is 45.7 Å². The quantitative estimate of drug-likeness (QED) is 0.0943. The van der Waals surface area contributed by atoms with Crippen molar-refractivity contribution in [3.8, 4) is 11.5 Å². The Morgan fingerprint density at radius 2 is 1.32 bits per heavy atom. The molecule has 20 nitrogen and oxygen atoms in total. The number of methoxy groups -OCH3 is 1. The summed E-state index contributed by atoms with van der Waals surface area (Å²) < 4.78 is 19.0. The molecule has 7 N–H and O–H groups in total. The van der Waals surface area contributed by atoms with Crippen molar-refractivity contribution in [1.82, 2.24) is 48.9 Å². The summed E-state index contributed by atoms with van der Waals surface area (Å²) in [6, 6.07) is 9.75. The molecule has 0 aliphatic carbocycles. The number of carbonyl (C=O) groups is 4. The monoisotopic (exact) mass is 888 g/mol. The van der Waals surface area contributed by atoms with Crippen molar-refractivity contribution in [3.05, 3.63) is 93.7 Å². The molecule has 0 radical (unpaired) electrons. The number of ether oxygens (including phenoxy) is 2. The number of imidazole rings is 2. The van der Waals surface area contributed by atoms with E-state index in [9.17, 15) is 19.2 Å². The number of H-pyrrole nitrogens is 2. The zero-order valence-electron chi connectivity index (χ0n) is 37.4. The first-order valence-electron chi connectivity index (χ1n) is 21.9. The van der Waals surface area contributed by atoms with Crippen LogP contribution in [0.4, 0.5) is 0 Å². The highest BCUT2D eigenvalue weighted by molar-refractivity contribution is 5.99. The summed E-state index contributed by atoms with van der Waals surface area (Å²) in [4.78, 5) is 70.5. The molecule has 65 heavy (non-hydrogen) atoms. The molecule has 342 valence electrons. The van der Waals surface area contributed by atoms with E-state index < -0.39 is 23.6 Å². The summed E-state index contributed by atoms with van der Waals surface area (Å²) >= 11 is 0. The molecule has 2 aliphatic heterocycles. The Bertz CT molecular complexity index is 2990. The van der Waals surface area contributed by atoms with Crippen LogP contribution in [0.3, 0.4) is 0 Å². The van der Waals surface area contributed by atoms with E-state index in [0.717, 1.165) is 39.0 Å². The number of piperidine rings is 1. The van der Waals surface area contributed by atoms with E-state index in [1.54, 1.807) is 51.2 Å². The second kappa shape index (κ2) is 18.6. The molecule has 1 unspecified atom stereocenters. The normalized spacial score (nSPS) is 17.4. The van der Waals surface area contributed by atoms with E-state index >= 15 is 0 Å². The highest BCUT2D eigenvalue weighted by Gasteiger charge is 2.37. The third kappa shape index (κ3) is 9.17. The van der Waals surface area contributed by atoms with Crippen LogP contribution in [0.25, 0.3) is 22.1 Å². The van der Waals surface area contributed by atoms with Gasteiger partial charge in [0, 0.05) is 56.9 Å². The summed E-state index contributed by atoms with van der Waals surface area (Å²) in [6.07, 6.45) is 7.24. The molecule has 8 rings (SSSR count). The Morgan fingerprint density at radius 3 is 1.82 bits per heavy atom. The van der Waals surface area contributed by atoms with Crippen molar-refractivity contribution in [3.63, 3.8) is 0 Å². The zero-order chi connectivity index (χ0) is 46.0. The highest BCUT2D eigenvalue weighted by atomic mass is 16.5. The largest absolute Gasteiger partial charge is 0.494 e. The van der Waals surface area contributed by atoms with Gasteiger partial charge in [-0.15, -0.1) is 0 Å². The van der Waals surface area contributed by atoms with Gasteiger partial charge in [0.05, 0.1) is 29.5 Å². The fourth-order valence-corrected chi connectivity index (χ4v) is 9.15. The van der Waals surface area contributed by atoms with E-state index in [-0.39, 0.29) is 40.9 Å². The maximum absolute atomic E-state index is 13.9. The van der Waals surface area contributed by atoms with Gasteiger partial charge in [0.15, 0.2) is 0 Å². The standard InChI is InChI=1S/C45H56N14O6/c1-6-58-33(19-27(3)53-58)41(62)51-43-49-31-21-29(39(46)60)23-35(64-5)37(31)56(43)15-8-9-16-57-38-32(50-44(57)52-42(63)34-20-28(4)54-59(34)7-2)22-30(40(47)61)24-36(38)65-18-17-55-14-10-11-45(26-55)12-13-48-25-45/h8-9,19-24,48H,6-7,10-18,25-26H2,1-5H3,(H2,46,60)(H2,47,61)(H,49,51,62)(H,50,52,63)/b9-8+. The van der Waals surface area contributed by atoms with Crippen LogP contribution < -0.4 is 37.5 Å². The van der Waals surface area contributed by atoms with Gasteiger partial charge in [0.2, 0.25) is 23.1 Å². The average Bonchev–Trinajstić information content (AvgIpc) is 4.12. The van der Waals surface area contributed by atoms with E-state index in [2.05, 4.69) is 40.4 Å². The average molecular weight is 889 g/mol. The molecule has 4 aromatic heterocycles. The molecule has 4 amide bonds. The van der Waals surface area contributed by atoms with Gasteiger partial charge in [-0.3, -0.25) is 33.4 Å². The van der Waals surface area contributed by atoms with Gasteiger partial charge in [-0.1, -0.05) is 12.2 Å². The van der Waals surface area contributed by atoms with Gasteiger partial charge in [0.1, 0.15) is 40.5 Å². The fraction of sp³-hybridized carbons (Fsp3) is 0.422. The number of allylic oxidation sites excluding steroid dienone is 2. The molecular formula is C45H56N14O6. The smallest absolute Gasteiger partial charge is 0.298 e. The number of nitrogens with one attached hydrogen (secondary N) is 3.